The second kappa shape index (κ2) is 6.80. The van der Waals surface area contributed by atoms with Gasteiger partial charge in [0.1, 0.15) is 16.4 Å². The number of carbonyl (C=O) groups excluding carboxylic acids is 1. The molecule has 27 heavy (non-hydrogen) atoms. The molecule has 2 N–H and O–H groups in total. The minimum Gasteiger partial charge on any atom is -0.457 e. The van der Waals surface area contributed by atoms with Gasteiger partial charge in [0.25, 0.3) is 0 Å². The Bertz CT molecular complexity index is 1120. The first-order valence-corrected chi connectivity index (χ1v) is 10.5. The van der Waals surface area contributed by atoms with Crippen molar-refractivity contribution in [1.82, 2.24) is 0 Å². The Labute approximate surface area is 160 Å². The van der Waals surface area contributed by atoms with Gasteiger partial charge in [-0.2, -0.15) is 0 Å². The second-order valence-electron chi connectivity index (χ2n) is 6.02. The van der Waals surface area contributed by atoms with Crippen molar-refractivity contribution in [3.8, 4) is 22.6 Å². The first kappa shape index (κ1) is 17.7. The topological polar surface area (TPSA) is 95.7 Å². The van der Waals surface area contributed by atoms with Gasteiger partial charge in [-0.15, -0.1) is 11.3 Å². The van der Waals surface area contributed by atoms with Crippen LogP contribution in [0.15, 0.2) is 58.8 Å². The molecule has 0 fully saturated rings. The number of sulfonamides is 1. The van der Waals surface area contributed by atoms with E-state index in [0.717, 1.165) is 39.5 Å². The van der Waals surface area contributed by atoms with Gasteiger partial charge in [-0.3, -0.25) is 4.79 Å². The Hall–Kier alpha value is -2.68. The van der Waals surface area contributed by atoms with Crippen molar-refractivity contribution in [2.24, 2.45) is 5.14 Å². The van der Waals surface area contributed by atoms with Gasteiger partial charge in [0.05, 0.1) is 4.88 Å². The van der Waals surface area contributed by atoms with Gasteiger partial charge in [-0.25, -0.2) is 13.6 Å². The van der Waals surface area contributed by atoms with E-state index in [2.05, 4.69) is 0 Å². The predicted molar refractivity (Wildman–Crippen MR) is 102 cm³/mol. The number of fused-ring (bicyclic) bond motifs is 2. The Balaban J connectivity index is 1.55. The molecule has 6 nitrogen and oxygen atoms in total. The molecule has 0 saturated carbocycles. The highest BCUT2D eigenvalue weighted by molar-refractivity contribution is 7.89. The minimum atomic E-state index is -3.91. The number of rotatable bonds is 5. The van der Waals surface area contributed by atoms with E-state index in [1.165, 1.54) is 6.07 Å². The van der Waals surface area contributed by atoms with Gasteiger partial charge < -0.3 is 9.47 Å². The number of Topliss-reactive ketones (excluding diaryl/α,β-unsaturated/α-hetero) is 1. The van der Waals surface area contributed by atoms with Gasteiger partial charge in [0, 0.05) is 18.1 Å². The van der Waals surface area contributed by atoms with Crippen LogP contribution in [0.1, 0.15) is 15.2 Å². The van der Waals surface area contributed by atoms with Crippen molar-refractivity contribution < 1.29 is 22.7 Å². The Morgan fingerprint density at radius 1 is 1.07 bits per heavy atom. The molecule has 0 amide bonds. The van der Waals surface area contributed by atoms with Gasteiger partial charge in [-0.1, -0.05) is 24.3 Å². The molecule has 3 aromatic rings. The smallest absolute Gasteiger partial charge is 0.239 e. The summed E-state index contributed by atoms with van der Waals surface area (Å²) in [5, 5.41) is 6.72. The molecule has 2 aromatic carbocycles. The van der Waals surface area contributed by atoms with E-state index in [-0.39, 0.29) is 28.8 Å². The van der Waals surface area contributed by atoms with Crippen LogP contribution in [-0.4, -0.2) is 21.0 Å². The van der Waals surface area contributed by atoms with Crippen LogP contribution in [0.2, 0.25) is 0 Å². The van der Waals surface area contributed by atoms with E-state index >= 15 is 0 Å². The van der Waals surface area contributed by atoms with Crippen LogP contribution in [0, 0.1) is 0 Å². The highest BCUT2D eigenvalue weighted by atomic mass is 32.2. The predicted octanol–water partition coefficient (Wildman–Crippen LogP) is 3.22. The van der Waals surface area contributed by atoms with E-state index in [4.69, 9.17) is 14.6 Å². The van der Waals surface area contributed by atoms with Crippen molar-refractivity contribution in [3.63, 3.8) is 0 Å². The second-order valence-corrected chi connectivity index (χ2v) is 8.47. The maximum Gasteiger partial charge on any atom is 0.239 e. The minimum absolute atomic E-state index is 0.0967. The number of thiophene rings is 1. The molecule has 138 valence electrons. The summed E-state index contributed by atoms with van der Waals surface area (Å²) in [7, 11) is -3.91. The third-order valence-electron chi connectivity index (χ3n) is 4.21. The van der Waals surface area contributed by atoms with Crippen LogP contribution < -0.4 is 14.6 Å². The summed E-state index contributed by atoms with van der Waals surface area (Å²) in [5.41, 5.74) is 2.68. The summed E-state index contributed by atoms with van der Waals surface area (Å²) < 4.78 is 34.0. The van der Waals surface area contributed by atoms with Crippen molar-refractivity contribution >= 4 is 27.1 Å². The number of hydrogen-bond acceptors (Lipinski definition) is 6. The quantitative estimate of drug-likeness (QED) is 0.662. The lowest BCUT2D eigenvalue weighted by Crippen LogP contribution is -2.15. The van der Waals surface area contributed by atoms with Crippen molar-refractivity contribution in [1.29, 1.82) is 0 Å². The van der Waals surface area contributed by atoms with Crippen LogP contribution in [-0.2, 0) is 16.4 Å². The number of ether oxygens (including phenoxy) is 2. The van der Waals surface area contributed by atoms with E-state index in [0.29, 0.717) is 0 Å². The summed E-state index contributed by atoms with van der Waals surface area (Å²) in [5.74, 6) is 1.24. The first-order valence-electron chi connectivity index (χ1n) is 8.04. The number of carbonyl (C=O) groups is 1. The summed E-state index contributed by atoms with van der Waals surface area (Å²) in [6, 6.07) is 14.5. The third kappa shape index (κ3) is 3.59. The van der Waals surface area contributed by atoms with Gasteiger partial charge in [0.2, 0.25) is 16.8 Å². The molecule has 0 saturated heterocycles. The number of ketones is 1. The Kier molecular flexibility index (Phi) is 4.47. The molecule has 0 aliphatic carbocycles. The fourth-order valence-corrected chi connectivity index (χ4v) is 4.84. The van der Waals surface area contributed by atoms with Crippen LogP contribution in [0.3, 0.4) is 0 Å². The van der Waals surface area contributed by atoms with Gasteiger partial charge in [-0.05, 0) is 34.7 Å². The van der Waals surface area contributed by atoms with Crippen molar-refractivity contribution in [3.05, 3.63) is 64.4 Å². The molecule has 1 aliphatic heterocycles. The molecular formula is C19H15NO5S2. The fourth-order valence-electron chi connectivity index (χ4n) is 2.90. The number of nitrogens with two attached hydrogens (primary N) is 1. The lowest BCUT2D eigenvalue weighted by atomic mass is 10.0. The van der Waals surface area contributed by atoms with Crippen LogP contribution in [0.25, 0.3) is 11.1 Å². The van der Waals surface area contributed by atoms with Crippen LogP contribution in [0.4, 0.5) is 0 Å². The summed E-state index contributed by atoms with van der Waals surface area (Å²) in [6.07, 6.45) is 0.0967. The first-order chi connectivity index (χ1) is 12.9. The van der Waals surface area contributed by atoms with E-state index in [1.54, 1.807) is 5.38 Å². The lowest BCUT2D eigenvalue weighted by molar-refractivity contribution is 0.0993. The van der Waals surface area contributed by atoms with Crippen LogP contribution >= 0.6 is 11.3 Å². The molecule has 1 aromatic heterocycles. The fraction of sp³-hybridized carbons (Fsp3) is 0.105. The zero-order chi connectivity index (χ0) is 19.0. The molecule has 0 atom stereocenters. The molecule has 1 aliphatic rings. The maximum absolute atomic E-state index is 12.5. The zero-order valence-electron chi connectivity index (χ0n) is 14.0. The maximum atomic E-state index is 12.5. The van der Waals surface area contributed by atoms with Crippen molar-refractivity contribution in [2.75, 3.05) is 6.79 Å². The molecule has 0 unspecified atom stereocenters. The Morgan fingerprint density at radius 2 is 1.85 bits per heavy atom. The van der Waals surface area contributed by atoms with Crippen LogP contribution in [0.5, 0.6) is 11.5 Å². The molecule has 4 rings (SSSR count). The summed E-state index contributed by atoms with van der Waals surface area (Å²) in [6.45, 7) is 0.189. The average Bonchev–Trinajstić information content (AvgIpc) is 3.14. The lowest BCUT2D eigenvalue weighted by Gasteiger charge is -2.18. The van der Waals surface area contributed by atoms with Gasteiger partial charge >= 0.3 is 0 Å². The average molecular weight is 401 g/mol. The monoisotopic (exact) mass is 401 g/mol. The zero-order valence-corrected chi connectivity index (χ0v) is 15.7. The summed E-state index contributed by atoms with van der Waals surface area (Å²) in [4.78, 5) is 12.5. The third-order valence-corrected chi connectivity index (χ3v) is 6.25. The summed E-state index contributed by atoms with van der Waals surface area (Å²) >= 11 is 1.08. The number of hydrogen-bond donors (Lipinski definition) is 1. The Morgan fingerprint density at radius 3 is 2.59 bits per heavy atom. The molecule has 0 spiro atoms. The van der Waals surface area contributed by atoms with E-state index in [1.807, 2.05) is 42.5 Å². The number of benzene rings is 2. The largest absolute Gasteiger partial charge is 0.457 e. The van der Waals surface area contributed by atoms with E-state index < -0.39 is 10.0 Å². The standard InChI is InChI=1S/C19H15NO5S2/c20-27(22,23)18-7-8-26-19(18)16(21)9-12-1-3-13(4-2-12)15-6-5-14-10-17(15)25-11-24-14/h1-8,10H,9,11H2,(H2,20,22,23). The van der Waals surface area contributed by atoms with Gasteiger partial charge in [0.15, 0.2) is 5.78 Å². The molecule has 8 heteroatoms. The highest BCUT2D eigenvalue weighted by Gasteiger charge is 2.21. The SMILES string of the molecule is NS(=O)(=O)c1ccsc1C(=O)Cc1ccc(-c2ccc3cc2OCO3)cc1. The highest BCUT2D eigenvalue weighted by Crippen LogP contribution is 2.36. The normalized spacial score (nSPS) is 12.9. The molecule has 2 heterocycles. The molecule has 0 radical (unpaired) electrons. The number of primary sulfonamides is 1. The molecular weight excluding hydrogens is 386 g/mol. The van der Waals surface area contributed by atoms with E-state index in [9.17, 15) is 13.2 Å². The molecule has 2 bridgehead atoms. The van der Waals surface area contributed by atoms with Crippen molar-refractivity contribution in [2.45, 2.75) is 11.3 Å².